The minimum Gasteiger partial charge on any atom is -0.357 e. The average molecular weight is 379 g/mol. The fourth-order valence-corrected chi connectivity index (χ4v) is 4.46. The van der Waals surface area contributed by atoms with Gasteiger partial charge < -0.3 is 15.6 Å². The number of nitrogens with one attached hydrogen (secondary N) is 1. The molecule has 0 saturated heterocycles. The van der Waals surface area contributed by atoms with E-state index < -0.39 is 0 Å². The largest absolute Gasteiger partial charge is 0.357 e. The molecule has 28 heavy (non-hydrogen) atoms. The zero-order valence-electron chi connectivity index (χ0n) is 16.3. The topological polar surface area (TPSA) is 62.1 Å². The van der Waals surface area contributed by atoms with Crippen LogP contribution in [0, 0.1) is 5.82 Å². The third-order valence-corrected chi connectivity index (χ3v) is 5.97. The number of benzene rings is 2. The van der Waals surface area contributed by atoms with E-state index in [9.17, 15) is 9.18 Å². The second-order valence-electron chi connectivity index (χ2n) is 7.53. The molecular formula is C23H26FN3O. The lowest BCUT2D eigenvalue weighted by atomic mass is 9.87. The minimum atomic E-state index is -0.344. The van der Waals surface area contributed by atoms with Crippen molar-refractivity contribution in [2.75, 3.05) is 13.1 Å². The van der Waals surface area contributed by atoms with Crippen LogP contribution in [-0.4, -0.2) is 34.8 Å². The number of likely N-dealkylation sites (N-methyl/N-ethyl adjacent to an activating group) is 1. The molecule has 0 aliphatic heterocycles. The third kappa shape index (κ3) is 3.25. The quantitative estimate of drug-likeness (QED) is 0.653. The van der Waals surface area contributed by atoms with Crippen molar-refractivity contribution in [3.05, 3.63) is 70.7 Å². The number of hydrogen-bond acceptors (Lipinski definition) is 3. The fraction of sp³-hybridized carbons (Fsp3) is 0.348. The summed E-state index contributed by atoms with van der Waals surface area (Å²) >= 11 is 0. The van der Waals surface area contributed by atoms with Gasteiger partial charge in [0, 0.05) is 39.8 Å². The Bertz CT molecular complexity index is 1000. The predicted molar refractivity (Wildman–Crippen MR) is 110 cm³/mol. The van der Waals surface area contributed by atoms with Crippen LogP contribution in [0.15, 0.2) is 42.5 Å². The van der Waals surface area contributed by atoms with Gasteiger partial charge in [0.05, 0.1) is 0 Å². The van der Waals surface area contributed by atoms with Crippen molar-refractivity contribution in [1.29, 1.82) is 0 Å². The highest BCUT2D eigenvalue weighted by Gasteiger charge is 2.30. The van der Waals surface area contributed by atoms with E-state index in [2.05, 4.69) is 23.7 Å². The van der Waals surface area contributed by atoms with E-state index in [1.54, 1.807) is 0 Å². The second-order valence-corrected chi connectivity index (χ2v) is 7.53. The van der Waals surface area contributed by atoms with Crippen molar-refractivity contribution in [2.45, 2.75) is 38.8 Å². The lowest BCUT2D eigenvalue weighted by Gasteiger charge is -2.35. The molecule has 3 N–H and O–H groups in total. The van der Waals surface area contributed by atoms with Crippen LogP contribution in [0.2, 0.25) is 0 Å². The van der Waals surface area contributed by atoms with Crippen LogP contribution in [0.1, 0.15) is 53.5 Å². The molecule has 5 heteroatoms. The number of fused-ring (bicyclic) bond motifs is 3. The van der Waals surface area contributed by atoms with Gasteiger partial charge in [-0.05, 0) is 74.0 Å². The van der Waals surface area contributed by atoms with Gasteiger partial charge in [0.15, 0.2) is 5.78 Å². The van der Waals surface area contributed by atoms with Crippen molar-refractivity contribution in [2.24, 2.45) is 5.73 Å². The molecule has 2 atom stereocenters. The molecule has 1 heterocycles. The average Bonchev–Trinajstić information content (AvgIpc) is 3.08. The molecule has 1 aliphatic carbocycles. The maximum absolute atomic E-state index is 13.2. The number of halogens is 1. The molecular weight excluding hydrogens is 353 g/mol. The van der Waals surface area contributed by atoms with Crippen LogP contribution < -0.4 is 5.73 Å². The molecule has 0 amide bonds. The van der Waals surface area contributed by atoms with Gasteiger partial charge in [0.2, 0.25) is 0 Å². The molecule has 0 spiro atoms. The van der Waals surface area contributed by atoms with Gasteiger partial charge in [0.1, 0.15) is 5.82 Å². The highest BCUT2D eigenvalue weighted by Crippen LogP contribution is 2.36. The molecule has 4 rings (SSSR count). The zero-order chi connectivity index (χ0) is 19.8. The molecule has 0 bridgehead atoms. The molecule has 146 valence electrons. The molecule has 1 aliphatic rings. The van der Waals surface area contributed by atoms with E-state index in [1.165, 1.54) is 29.8 Å². The number of rotatable bonds is 5. The first-order valence-electron chi connectivity index (χ1n) is 9.96. The summed E-state index contributed by atoms with van der Waals surface area (Å²) in [5, 5.41) is 1.07. The third-order valence-electron chi connectivity index (χ3n) is 5.97. The summed E-state index contributed by atoms with van der Waals surface area (Å²) in [5.74, 6) is -0.444. The summed E-state index contributed by atoms with van der Waals surface area (Å²) < 4.78 is 13.2. The maximum Gasteiger partial charge on any atom is 0.193 e. The van der Waals surface area contributed by atoms with Crippen molar-refractivity contribution < 1.29 is 9.18 Å². The number of carbonyl (C=O) groups is 1. The Balaban J connectivity index is 1.73. The van der Waals surface area contributed by atoms with E-state index in [0.717, 1.165) is 42.5 Å². The van der Waals surface area contributed by atoms with Gasteiger partial charge in [-0.25, -0.2) is 4.39 Å². The van der Waals surface area contributed by atoms with Gasteiger partial charge >= 0.3 is 0 Å². The maximum atomic E-state index is 13.2. The van der Waals surface area contributed by atoms with Gasteiger partial charge in [-0.1, -0.05) is 13.8 Å². The van der Waals surface area contributed by atoms with Crippen molar-refractivity contribution in [3.8, 4) is 0 Å². The lowest BCUT2D eigenvalue weighted by Crippen LogP contribution is -2.41. The molecule has 1 aromatic heterocycles. The van der Waals surface area contributed by atoms with E-state index in [-0.39, 0.29) is 17.6 Å². The van der Waals surface area contributed by atoms with E-state index >= 15 is 0 Å². The molecule has 0 fully saturated rings. The van der Waals surface area contributed by atoms with Crippen LogP contribution in [0.4, 0.5) is 4.39 Å². The van der Waals surface area contributed by atoms with Crippen LogP contribution in [0.5, 0.6) is 0 Å². The molecule has 4 nitrogen and oxygen atoms in total. The molecule has 3 aromatic rings. The van der Waals surface area contributed by atoms with Crippen LogP contribution in [0.25, 0.3) is 10.9 Å². The number of nitrogens with zero attached hydrogens (tertiary/aromatic N) is 1. The Kier molecular flexibility index (Phi) is 5.04. The summed E-state index contributed by atoms with van der Waals surface area (Å²) in [4.78, 5) is 18.8. The zero-order valence-corrected chi connectivity index (χ0v) is 16.3. The monoisotopic (exact) mass is 379 g/mol. The second kappa shape index (κ2) is 7.49. The Hall–Kier alpha value is -2.50. The fourth-order valence-electron chi connectivity index (χ4n) is 4.46. The number of ketones is 1. The number of aromatic amines is 1. The molecule has 2 aromatic carbocycles. The molecule has 0 radical (unpaired) electrons. The predicted octanol–water partition coefficient (Wildman–Crippen LogP) is 4.19. The Morgan fingerprint density at radius 2 is 1.82 bits per heavy atom. The van der Waals surface area contributed by atoms with Gasteiger partial charge in [0.25, 0.3) is 0 Å². The first kappa shape index (κ1) is 18.8. The van der Waals surface area contributed by atoms with Crippen LogP contribution in [0.3, 0.4) is 0 Å². The number of hydrogen-bond donors (Lipinski definition) is 2. The van der Waals surface area contributed by atoms with Crippen LogP contribution >= 0.6 is 0 Å². The Labute approximate surface area is 164 Å². The van der Waals surface area contributed by atoms with Crippen molar-refractivity contribution >= 4 is 16.7 Å². The normalized spacial score (nSPS) is 19.2. The number of aromatic nitrogens is 1. The van der Waals surface area contributed by atoms with E-state index in [4.69, 9.17) is 5.73 Å². The first-order chi connectivity index (χ1) is 13.5. The lowest BCUT2D eigenvalue weighted by molar-refractivity contribution is 0.103. The minimum absolute atomic E-state index is 0.0296. The van der Waals surface area contributed by atoms with Crippen molar-refractivity contribution in [3.63, 3.8) is 0 Å². The van der Waals surface area contributed by atoms with Gasteiger partial charge in [-0.3, -0.25) is 4.79 Å². The SMILES string of the molecule is CCN(CC)C1Cc2c([nH]c3ccc(C(=O)c4ccc(F)cc4)cc23)C(N)C1. The number of H-pyrrole nitrogens is 1. The highest BCUT2D eigenvalue weighted by molar-refractivity contribution is 6.10. The number of nitrogens with two attached hydrogens (primary N) is 1. The van der Waals surface area contributed by atoms with E-state index in [1.807, 2.05) is 18.2 Å². The summed E-state index contributed by atoms with van der Waals surface area (Å²) in [6, 6.07) is 11.8. The Morgan fingerprint density at radius 1 is 1.14 bits per heavy atom. The smallest absolute Gasteiger partial charge is 0.193 e. The van der Waals surface area contributed by atoms with Gasteiger partial charge in [-0.15, -0.1) is 0 Å². The first-order valence-corrected chi connectivity index (χ1v) is 9.96. The summed E-state index contributed by atoms with van der Waals surface area (Å²) in [6.45, 7) is 6.36. The summed E-state index contributed by atoms with van der Waals surface area (Å²) in [5.41, 5.74) is 10.9. The van der Waals surface area contributed by atoms with Crippen molar-refractivity contribution in [1.82, 2.24) is 9.88 Å². The summed E-state index contributed by atoms with van der Waals surface area (Å²) in [6.07, 6.45) is 1.86. The van der Waals surface area contributed by atoms with Gasteiger partial charge in [-0.2, -0.15) is 0 Å². The summed E-state index contributed by atoms with van der Waals surface area (Å²) in [7, 11) is 0. The molecule has 2 unspecified atom stereocenters. The highest BCUT2D eigenvalue weighted by atomic mass is 19.1. The van der Waals surface area contributed by atoms with Crippen LogP contribution in [-0.2, 0) is 6.42 Å². The Morgan fingerprint density at radius 3 is 2.50 bits per heavy atom. The molecule has 0 saturated carbocycles. The standard InChI is InChI=1S/C23H26FN3O/c1-3-27(4-2)17-12-19-18-11-15(23(28)14-5-8-16(24)9-6-14)7-10-21(18)26-22(19)20(25)13-17/h5-11,17,20,26H,3-4,12-13,25H2,1-2H3. The van der Waals surface area contributed by atoms with E-state index in [0.29, 0.717) is 17.2 Å². The number of carbonyl (C=O) groups excluding carboxylic acids is 1.